The van der Waals surface area contributed by atoms with Gasteiger partial charge in [-0.15, -0.1) is 0 Å². The molecule has 1 aliphatic heterocycles. The molecule has 1 saturated carbocycles. The van der Waals surface area contributed by atoms with Crippen LogP contribution >= 0.6 is 0 Å². The van der Waals surface area contributed by atoms with E-state index in [2.05, 4.69) is 33.8 Å². The summed E-state index contributed by atoms with van der Waals surface area (Å²) in [5.41, 5.74) is 1.87. The van der Waals surface area contributed by atoms with Crippen LogP contribution in [0.3, 0.4) is 0 Å². The first-order valence-corrected chi connectivity index (χ1v) is 8.57. The van der Waals surface area contributed by atoms with Crippen LogP contribution in [0.15, 0.2) is 34.7 Å². The third kappa shape index (κ3) is 2.99. The van der Waals surface area contributed by atoms with Gasteiger partial charge in [0.25, 0.3) is 5.91 Å². The second-order valence-electron chi connectivity index (χ2n) is 7.70. The van der Waals surface area contributed by atoms with E-state index in [0.29, 0.717) is 37.7 Å². The zero-order chi connectivity index (χ0) is 17.5. The molecular formula is C19H26N2O3. The molecule has 2 fully saturated rings. The molecule has 5 heteroatoms. The monoisotopic (exact) mass is 330 g/mol. The summed E-state index contributed by atoms with van der Waals surface area (Å²) in [5.74, 6) is 0.618. The smallest absolute Gasteiger partial charge is 0.257 e. The maximum atomic E-state index is 12.9. The van der Waals surface area contributed by atoms with Crippen LogP contribution < -0.4 is 0 Å². The molecule has 0 spiro atoms. The molecule has 0 unspecified atom stereocenters. The molecule has 0 aromatic carbocycles. The van der Waals surface area contributed by atoms with Gasteiger partial charge in [-0.05, 0) is 31.2 Å². The number of carbonyl (C=O) groups excluding carboxylic acids is 2. The molecule has 0 bridgehead atoms. The van der Waals surface area contributed by atoms with Gasteiger partial charge in [0.05, 0.1) is 17.7 Å². The van der Waals surface area contributed by atoms with Crippen molar-refractivity contribution in [2.45, 2.75) is 27.7 Å². The molecule has 5 nitrogen and oxygen atoms in total. The average Bonchev–Trinajstić information content (AvgIpc) is 2.94. The molecule has 1 aliphatic carbocycles. The molecule has 2 atom stereocenters. The number of hydrogen-bond donors (Lipinski definition) is 0. The van der Waals surface area contributed by atoms with E-state index in [-0.39, 0.29) is 23.1 Å². The Hall–Kier alpha value is -2.04. The predicted molar refractivity (Wildman–Crippen MR) is 91.4 cm³/mol. The van der Waals surface area contributed by atoms with Crippen LogP contribution in [-0.4, -0.2) is 47.8 Å². The molecule has 1 aromatic rings. The van der Waals surface area contributed by atoms with Crippen LogP contribution in [0.2, 0.25) is 0 Å². The van der Waals surface area contributed by atoms with Crippen molar-refractivity contribution in [2.75, 3.05) is 26.2 Å². The molecule has 0 N–H and O–H groups in total. The Labute approximate surface area is 143 Å². The van der Waals surface area contributed by atoms with E-state index < -0.39 is 0 Å². The Morgan fingerprint density at radius 1 is 1.17 bits per heavy atom. The summed E-state index contributed by atoms with van der Waals surface area (Å²) in [6.45, 7) is 10.9. The van der Waals surface area contributed by atoms with Crippen molar-refractivity contribution in [3.05, 3.63) is 35.8 Å². The quantitative estimate of drug-likeness (QED) is 0.801. The highest BCUT2D eigenvalue weighted by molar-refractivity contribution is 5.94. The molecule has 130 valence electrons. The highest BCUT2D eigenvalue weighted by atomic mass is 16.3. The Balaban J connectivity index is 1.58. The van der Waals surface area contributed by atoms with Gasteiger partial charge in [0, 0.05) is 26.2 Å². The number of piperazine rings is 1. The summed E-state index contributed by atoms with van der Waals surface area (Å²) in [4.78, 5) is 28.9. The number of rotatable bonds is 3. The number of nitrogens with zero attached hydrogens (tertiary/aromatic N) is 2. The Kier molecular flexibility index (Phi) is 4.28. The SMILES string of the molecule is CC(C)=C[C@@H]1[C@H](C(=O)N2CCN(C(=O)c3ccoc3)CC2)C1(C)C. The van der Waals surface area contributed by atoms with Gasteiger partial charge in [-0.25, -0.2) is 0 Å². The third-order valence-corrected chi connectivity index (χ3v) is 5.34. The van der Waals surface area contributed by atoms with Crippen LogP contribution in [0.5, 0.6) is 0 Å². The van der Waals surface area contributed by atoms with Gasteiger partial charge >= 0.3 is 0 Å². The molecule has 1 saturated heterocycles. The third-order valence-electron chi connectivity index (χ3n) is 5.34. The van der Waals surface area contributed by atoms with Crippen molar-refractivity contribution < 1.29 is 14.0 Å². The predicted octanol–water partition coefficient (Wildman–Crippen LogP) is 2.80. The van der Waals surface area contributed by atoms with E-state index >= 15 is 0 Å². The maximum Gasteiger partial charge on any atom is 0.257 e. The summed E-state index contributed by atoms with van der Waals surface area (Å²) in [5, 5.41) is 0. The van der Waals surface area contributed by atoms with Crippen molar-refractivity contribution >= 4 is 11.8 Å². The van der Waals surface area contributed by atoms with Gasteiger partial charge in [-0.3, -0.25) is 9.59 Å². The normalized spacial score (nSPS) is 25.3. The van der Waals surface area contributed by atoms with Crippen molar-refractivity contribution in [1.29, 1.82) is 0 Å². The largest absolute Gasteiger partial charge is 0.472 e. The van der Waals surface area contributed by atoms with Crippen LogP contribution in [0, 0.1) is 17.3 Å². The minimum Gasteiger partial charge on any atom is -0.472 e. The van der Waals surface area contributed by atoms with Crippen molar-refractivity contribution in [1.82, 2.24) is 9.80 Å². The summed E-state index contributed by atoms with van der Waals surface area (Å²) in [6, 6.07) is 1.68. The van der Waals surface area contributed by atoms with Crippen LogP contribution in [0.1, 0.15) is 38.1 Å². The molecule has 3 rings (SSSR count). The zero-order valence-corrected chi connectivity index (χ0v) is 14.9. The minimum atomic E-state index is -0.0231. The minimum absolute atomic E-state index is 0.0231. The fourth-order valence-corrected chi connectivity index (χ4v) is 3.71. The first kappa shape index (κ1) is 16.8. The summed E-state index contributed by atoms with van der Waals surface area (Å²) < 4.78 is 4.97. The number of furan rings is 1. The van der Waals surface area contributed by atoms with Gasteiger partial charge in [-0.1, -0.05) is 25.5 Å². The van der Waals surface area contributed by atoms with Gasteiger partial charge in [0.15, 0.2) is 0 Å². The van der Waals surface area contributed by atoms with E-state index in [1.54, 1.807) is 11.0 Å². The molecule has 1 aromatic heterocycles. The number of hydrogen-bond acceptors (Lipinski definition) is 3. The molecule has 24 heavy (non-hydrogen) atoms. The second-order valence-corrected chi connectivity index (χ2v) is 7.70. The molecule has 2 amide bonds. The lowest BCUT2D eigenvalue weighted by atomic mass is 10.1. The van der Waals surface area contributed by atoms with E-state index in [9.17, 15) is 9.59 Å². The second kappa shape index (κ2) is 6.11. The Morgan fingerprint density at radius 2 is 1.79 bits per heavy atom. The Morgan fingerprint density at radius 3 is 2.33 bits per heavy atom. The average molecular weight is 330 g/mol. The first-order chi connectivity index (χ1) is 11.3. The van der Waals surface area contributed by atoms with Crippen molar-refractivity contribution in [2.24, 2.45) is 17.3 Å². The summed E-state index contributed by atoms with van der Waals surface area (Å²) in [7, 11) is 0. The summed E-state index contributed by atoms with van der Waals surface area (Å²) in [6.07, 6.45) is 5.20. The first-order valence-electron chi connectivity index (χ1n) is 8.57. The number of carbonyl (C=O) groups is 2. The number of allylic oxidation sites excluding steroid dienone is 2. The molecule has 2 aliphatic rings. The van der Waals surface area contributed by atoms with Crippen molar-refractivity contribution in [3.63, 3.8) is 0 Å². The van der Waals surface area contributed by atoms with Crippen molar-refractivity contribution in [3.8, 4) is 0 Å². The summed E-state index contributed by atoms with van der Waals surface area (Å²) >= 11 is 0. The lowest BCUT2D eigenvalue weighted by Crippen LogP contribution is -2.51. The standard InChI is InChI=1S/C19H26N2O3/c1-13(2)11-15-16(19(15,3)4)18(23)21-8-6-20(7-9-21)17(22)14-5-10-24-12-14/h5,10-12,15-16H,6-9H2,1-4H3/t15-,16-/m1/s1. The van der Waals surface area contributed by atoms with Crippen LogP contribution in [0.25, 0.3) is 0 Å². The molecular weight excluding hydrogens is 304 g/mol. The van der Waals surface area contributed by atoms with Gasteiger partial charge in [0.1, 0.15) is 6.26 Å². The molecule has 2 heterocycles. The Bertz CT molecular complexity index is 648. The fraction of sp³-hybridized carbons (Fsp3) is 0.579. The topological polar surface area (TPSA) is 53.8 Å². The van der Waals surface area contributed by atoms with Gasteiger partial charge in [-0.2, -0.15) is 0 Å². The molecule has 0 radical (unpaired) electrons. The fourth-order valence-electron chi connectivity index (χ4n) is 3.71. The zero-order valence-electron chi connectivity index (χ0n) is 14.9. The maximum absolute atomic E-state index is 12.9. The van der Waals surface area contributed by atoms with Gasteiger partial charge < -0.3 is 14.2 Å². The van der Waals surface area contributed by atoms with E-state index in [1.807, 2.05) is 4.90 Å². The van der Waals surface area contributed by atoms with E-state index in [0.717, 1.165) is 0 Å². The van der Waals surface area contributed by atoms with Crippen LogP contribution in [-0.2, 0) is 4.79 Å². The van der Waals surface area contributed by atoms with Crippen LogP contribution in [0.4, 0.5) is 0 Å². The van der Waals surface area contributed by atoms with E-state index in [4.69, 9.17) is 4.42 Å². The highest BCUT2D eigenvalue weighted by Crippen LogP contribution is 2.60. The van der Waals surface area contributed by atoms with E-state index in [1.165, 1.54) is 18.1 Å². The lowest BCUT2D eigenvalue weighted by molar-refractivity contribution is -0.135. The lowest BCUT2D eigenvalue weighted by Gasteiger charge is -2.35. The highest BCUT2D eigenvalue weighted by Gasteiger charge is 2.61. The number of amides is 2. The van der Waals surface area contributed by atoms with Gasteiger partial charge in [0.2, 0.25) is 5.91 Å².